The van der Waals surface area contributed by atoms with Crippen molar-refractivity contribution in [2.45, 2.75) is 32.2 Å². The first-order chi connectivity index (χ1) is 8.01. The lowest BCUT2D eigenvalue weighted by molar-refractivity contribution is -0.138. The molecule has 1 saturated heterocycles. The van der Waals surface area contributed by atoms with Gasteiger partial charge in [0.25, 0.3) is 0 Å². The minimum atomic E-state index is -0.741. The third-order valence-corrected chi connectivity index (χ3v) is 3.42. The minimum Gasteiger partial charge on any atom is -0.339 e. The second kappa shape index (κ2) is 5.99. The van der Waals surface area contributed by atoms with E-state index in [1.54, 1.807) is 6.92 Å². The SMILES string of the molecule is CCC(C)(N)C(=O)N1CCN(CCC#N)CC1. The molecule has 0 aromatic heterocycles. The smallest absolute Gasteiger partial charge is 0.242 e. The third kappa shape index (κ3) is 3.69. The third-order valence-electron chi connectivity index (χ3n) is 3.42. The van der Waals surface area contributed by atoms with Gasteiger partial charge in [0.2, 0.25) is 5.91 Å². The largest absolute Gasteiger partial charge is 0.339 e. The summed E-state index contributed by atoms with van der Waals surface area (Å²) in [5.41, 5.74) is 5.22. The molecule has 1 aliphatic rings. The van der Waals surface area contributed by atoms with Crippen LogP contribution in [-0.4, -0.2) is 54.0 Å². The van der Waals surface area contributed by atoms with E-state index in [1.807, 2.05) is 11.8 Å². The topological polar surface area (TPSA) is 73.4 Å². The fraction of sp³-hybridized carbons (Fsp3) is 0.833. The Balaban J connectivity index is 2.42. The highest BCUT2D eigenvalue weighted by atomic mass is 16.2. The average molecular weight is 238 g/mol. The highest BCUT2D eigenvalue weighted by molar-refractivity contribution is 5.85. The Morgan fingerprint density at radius 2 is 2.00 bits per heavy atom. The van der Waals surface area contributed by atoms with Crippen LogP contribution in [0.4, 0.5) is 0 Å². The van der Waals surface area contributed by atoms with Gasteiger partial charge in [0.15, 0.2) is 0 Å². The molecule has 0 spiro atoms. The Morgan fingerprint density at radius 1 is 1.41 bits per heavy atom. The number of carbonyl (C=O) groups excluding carboxylic acids is 1. The van der Waals surface area contributed by atoms with Crippen molar-refractivity contribution >= 4 is 5.91 Å². The molecule has 1 rings (SSSR count). The maximum atomic E-state index is 12.1. The van der Waals surface area contributed by atoms with Crippen molar-refractivity contribution in [3.8, 4) is 6.07 Å². The fourth-order valence-electron chi connectivity index (χ4n) is 1.90. The van der Waals surface area contributed by atoms with Gasteiger partial charge in [-0.1, -0.05) is 6.92 Å². The molecule has 0 aromatic rings. The van der Waals surface area contributed by atoms with Crippen molar-refractivity contribution in [3.63, 3.8) is 0 Å². The first-order valence-electron chi connectivity index (χ1n) is 6.19. The number of nitrogens with zero attached hydrogens (tertiary/aromatic N) is 3. The van der Waals surface area contributed by atoms with Crippen molar-refractivity contribution < 1.29 is 4.79 Å². The summed E-state index contributed by atoms with van der Waals surface area (Å²) in [5.74, 6) is 0.0416. The van der Waals surface area contributed by atoms with Gasteiger partial charge in [-0.15, -0.1) is 0 Å². The summed E-state index contributed by atoms with van der Waals surface area (Å²) < 4.78 is 0. The normalized spacial score (nSPS) is 20.7. The first kappa shape index (κ1) is 13.9. The number of rotatable bonds is 4. The van der Waals surface area contributed by atoms with Gasteiger partial charge >= 0.3 is 0 Å². The lowest BCUT2D eigenvalue weighted by atomic mass is 9.98. The standard InChI is InChI=1S/C12H22N4O/c1-3-12(2,14)11(17)16-9-7-15(8-10-16)6-4-5-13/h3-4,6-10,14H2,1-2H3. The van der Waals surface area contributed by atoms with E-state index in [0.29, 0.717) is 12.8 Å². The molecule has 0 aliphatic carbocycles. The Hall–Kier alpha value is -1.12. The summed E-state index contributed by atoms with van der Waals surface area (Å²) in [7, 11) is 0. The molecule has 0 aromatic carbocycles. The van der Waals surface area contributed by atoms with E-state index < -0.39 is 5.54 Å². The molecule has 1 fully saturated rings. The quantitative estimate of drug-likeness (QED) is 0.758. The number of hydrogen-bond donors (Lipinski definition) is 1. The van der Waals surface area contributed by atoms with Gasteiger partial charge in [-0.25, -0.2) is 0 Å². The van der Waals surface area contributed by atoms with E-state index in [2.05, 4.69) is 11.0 Å². The lowest BCUT2D eigenvalue weighted by Gasteiger charge is -2.38. The molecule has 2 N–H and O–H groups in total. The van der Waals surface area contributed by atoms with Crippen LogP contribution < -0.4 is 5.73 Å². The molecule has 1 heterocycles. The number of nitriles is 1. The number of hydrogen-bond acceptors (Lipinski definition) is 4. The van der Waals surface area contributed by atoms with Crippen LogP contribution in [0.1, 0.15) is 26.7 Å². The monoisotopic (exact) mass is 238 g/mol. The zero-order valence-corrected chi connectivity index (χ0v) is 10.8. The van der Waals surface area contributed by atoms with E-state index in [1.165, 1.54) is 0 Å². The van der Waals surface area contributed by atoms with Crippen molar-refractivity contribution in [2.75, 3.05) is 32.7 Å². The molecule has 0 bridgehead atoms. The zero-order chi connectivity index (χ0) is 12.9. The number of amides is 1. The van der Waals surface area contributed by atoms with E-state index in [-0.39, 0.29) is 5.91 Å². The predicted octanol–water partition coefficient (Wildman–Crippen LogP) is 0.172. The van der Waals surface area contributed by atoms with Gasteiger partial charge in [-0.2, -0.15) is 5.26 Å². The molecule has 5 heteroatoms. The Bertz CT molecular complexity index is 300. The van der Waals surface area contributed by atoms with Gasteiger partial charge in [0.05, 0.1) is 11.6 Å². The summed E-state index contributed by atoms with van der Waals surface area (Å²) in [5, 5.41) is 8.52. The van der Waals surface area contributed by atoms with Gasteiger partial charge in [0.1, 0.15) is 0 Å². The zero-order valence-electron chi connectivity index (χ0n) is 10.8. The van der Waals surface area contributed by atoms with Gasteiger partial charge in [-0.05, 0) is 13.3 Å². The van der Waals surface area contributed by atoms with Crippen LogP contribution in [0.2, 0.25) is 0 Å². The van der Waals surface area contributed by atoms with Crippen molar-refractivity contribution in [2.24, 2.45) is 5.73 Å². The summed E-state index contributed by atoms with van der Waals surface area (Å²) in [6.45, 7) is 7.64. The number of nitrogens with two attached hydrogens (primary N) is 1. The van der Waals surface area contributed by atoms with Crippen molar-refractivity contribution in [1.82, 2.24) is 9.80 Å². The number of carbonyl (C=O) groups is 1. The van der Waals surface area contributed by atoms with Crippen LogP contribution in [0.25, 0.3) is 0 Å². The molecule has 1 amide bonds. The van der Waals surface area contributed by atoms with Crippen LogP contribution in [0.15, 0.2) is 0 Å². The van der Waals surface area contributed by atoms with Crippen LogP contribution in [0, 0.1) is 11.3 Å². The lowest BCUT2D eigenvalue weighted by Crippen LogP contribution is -2.58. The molecule has 17 heavy (non-hydrogen) atoms. The highest BCUT2D eigenvalue weighted by Crippen LogP contribution is 2.12. The van der Waals surface area contributed by atoms with Gasteiger partial charge < -0.3 is 10.6 Å². The van der Waals surface area contributed by atoms with Crippen molar-refractivity contribution in [3.05, 3.63) is 0 Å². The van der Waals surface area contributed by atoms with E-state index >= 15 is 0 Å². The van der Waals surface area contributed by atoms with Gasteiger partial charge in [0, 0.05) is 39.1 Å². The molecular formula is C12H22N4O. The molecule has 1 atom stereocenters. The summed E-state index contributed by atoms with van der Waals surface area (Å²) in [6.07, 6.45) is 1.21. The highest BCUT2D eigenvalue weighted by Gasteiger charge is 2.32. The second-order valence-corrected chi connectivity index (χ2v) is 4.81. The Morgan fingerprint density at radius 3 is 2.47 bits per heavy atom. The summed E-state index contributed by atoms with van der Waals surface area (Å²) in [4.78, 5) is 16.2. The first-order valence-corrected chi connectivity index (χ1v) is 6.19. The van der Waals surface area contributed by atoms with E-state index in [0.717, 1.165) is 32.7 Å². The second-order valence-electron chi connectivity index (χ2n) is 4.81. The summed E-state index contributed by atoms with van der Waals surface area (Å²) >= 11 is 0. The van der Waals surface area contributed by atoms with Crippen LogP contribution >= 0.6 is 0 Å². The Labute approximate surface area is 103 Å². The molecule has 0 saturated carbocycles. The molecule has 5 nitrogen and oxygen atoms in total. The van der Waals surface area contributed by atoms with Crippen molar-refractivity contribution in [1.29, 1.82) is 5.26 Å². The minimum absolute atomic E-state index is 0.0416. The maximum Gasteiger partial charge on any atom is 0.242 e. The maximum absolute atomic E-state index is 12.1. The molecular weight excluding hydrogens is 216 g/mol. The molecule has 0 radical (unpaired) electrons. The average Bonchev–Trinajstić information content (AvgIpc) is 2.36. The van der Waals surface area contributed by atoms with E-state index in [9.17, 15) is 4.79 Å². The predicted molar refractivity (Wildman–Crippen MR) is 66.1 cm³/mol. The molecule has 1 aliphatic heterocycles. The van der Waals surface area contributed by atoms with Gasteiger partial charge in [-0.3, -0.25) is 9.69 Å². The molecule has 1 unspecified atom stereocenters. The fourth-order valence-corrected chi connectivity index (χ4v) is 1.90. The summed E-state index contributed by atoms with van der Waals surface area (Å²) in [6, 6.07) is 2.14. The van der Waals surface area contributed by atoms with E-state index in [4.69, 9.17) is 11.0 Å². The van der Waals surface area contributed by atoms with Crippen LogP contribution in [-0.2, 0) is 4.79 Å². The Kier molecular flexibility index (Phi) is 4.91. The number of piperazine rings is 1. The van der Waals surface area contributed by atoms with Crippen LogP contribution in [0.3, 0.4) is 0 Å². The molecule has 96 valence electrons. The van der Waals surface area contributed by atoms with Crippen LogP contribution in [0.5, 0.6) is 0 Å².